The molecule has 4 amide bonds. The maximum absolute atomic E-state index is 15.1. The molecule has 2 aromatic carbocycles. The molecule has 131 heavy (non-hydrogen) atoms. The molecule has 692 valence electrons. The Morgan fingerprint density at radius 3 is 1.16 bits per heavy atom. The fourth-order valence-electron chi connectivity index (χ4n) is 16.8. The first-order valence-corrected chi connectivity index (χ1v) is 41.5. The van der Waals surface area contributed by atoms with Crippen LogP contribution in [0, 0.1) is 32.4 Å². The number of hydrogen-bond donors (Lipinski definition) is 8. The maximum Gasteiger partial charge on any atom is 0.417 e. The fraction of sp³-hybridized carbons (Fsp3) is 0.425. The molecule has 4 saturated heterocycles. The molecular formula is C87H84F14N18O12. The lowest BCUT2D eigenvalue weighted by Gasteiger charge is -2.48. The van der Waals surface area contributed by atoms with Gasteiger partial charge in [-0.2, -0.15) is 73.1 Å². The number of ether oxygens (including phenoxy) is 4. The topological polar surface area (TPSA) is 381 Å². The third-order valence-electron chi connectivity index (χ3n) is 24.6. The summed E-state index contributed by atoms with van der Waals surface area (Å²) in [6.07, 6.45) is 1.93. The molecule has 8 N–H and O–H groups in total. The van der Waals surface area contributed by atoms with E-state index in [0.29, 0.717) is 76.1 Å². The average molecular weight is 1840 g/mol. The quantitative estimate of drug-likeness (QED) is 0.0442. The number of nitrogens with one attached hydrogen (secondary N) is 4. The number of carbonyl (C=O) groups is 4. The number of aliphatic hydroxyl groups is 4. The van der Waals surface area contributed by atoms with Crippen molar-refractivity contribution in [1.82, 2.24) is 89.6 Å². The molecule has 7 fully saturated rings. The van der Waals surface area contributed by atoms with Crippen LogP contribution < -0.4 is 21.3 Å². The highest BCUT2D eigenvalue weighted by molar-refractivity contribution is 6.03. The van der Waals surface area contributed by atoms with Crippen molar-refractivity contribution in [2.75, 3.05) is 52.9 Å². The number of hydrogen-bond acceptors (Lipinski definition) is 22. The average Bonchev–Trinajstić information content (AvgIpc) is 1.18. The number of fused-ring (bicyclic) bond motifs is 4. The van der Waals surface area contributed by atoms with E-state index in [0.717, 1.165) is 85.0 Å². The van der Waals surface area contributed by atoms with Gasteiger partial charge in [-0.1, -0.05) is 24.3 Å². The van der Waals surface area contributed by atoms with Crippen molar-refractivity contribution in [3.05, 3.63) is 247 Å². The van der Waals surface area contributed by atoms with Gasteiger partial charge in [-0.15, -0.1) is 0 Å². The van der Waals surface area contributed by atoms with Crippen LogP contribution in [0.15, 0.2) is 135 Å². The van der Waals surface area contributed by atoms with E-state index in [9.17, 15) is 96.7 Å². The summed E-state index contributed by atoms with van der Waals surface area (Å²) in [5, 5.41) is 71.5. The molecule has 14 heterocycles. The van der Waals surface area contributed by atoms with E-state index in [1.165, 1.54) is 57.1 Å². The number of pyridine rings is 2. The Balaban J connectivity index is 0.000000128. The van der Waals surface area contributed by atoms with Crippen LogP contribution in [0.3, 0.4) is 0 Å². The van der Waals surface area contributed by atoms with E-state index < -0.39 is 140 Å². The summed E-state index contributed by atoms with van der Waals surface area (Å²) in [5.41, 5.74) is -6.07. The second-order valence-electron chi connectivity index (χ2n) is 33.7. The molecule has 8 atom stereocenters. The van der Waals surface area contributed by atoms with E-state index in [-0.39, 0.29) is 112 Å². The summed E-state index contributed by atoms with van der Waals surface area (Å²) in [7, 11) is 0. The van der Waals surface area contributed by atoms with Gasteiger partial charge in [0.15, 0.2) is 22.6 Å². The number of nitrogens with zero attached hydrogens (tertiary/aromatic N) is 14. The van der Waals surface area contributed by atoms with Crippen LogP contribution in [0.2, 0.25) is 0 Å². The number of benzene rings is 2. The first kappa shape index (κ1) is 92.1. The molecule has 3 saturated carbocycles. The molecule has 30 nitrogen and oxygen atoms in total. The number of aromatic nitrogens is 14. The van der Waals surface area contributed by atoms with Crippen molar-refractivity contribution in [2.45, 2.75) is 180 Å². The standard InChI is InChI=1S/C23H23F4N5O3.C22H21F4N5O3.C22H21F3N4O3.C20H19F3N4O3/c1-12-17(19-29-8-14(13-3-4-13)10-32(19)31-12)20(33)30-22(5-6-35-11-21(22,2)34)18-16(24)7-15(9-28-18)23(25,26)27;1-11-17(19-28-7-13(12-2-3-12)9-31(19)30-11)20(33)29-21(4-5-34-10-16(21)32)18-15(23)6-14(8-27-18)22(24,25)26;23-22(24,25)16-5-3-15(4-6-16)21(7-8-32-12-18(21)30)28-20(31)17-10-27-29-11-14(13-1-2-13)9-26-19(17)29;1-12-8-24-17-15(9-25-27(17)10-12)18(29)26-19(6-7-30-11-16(19)28)13-2-4-14(5-3-13)20(21,22)23/h7-10,13,34H,3-6,11H2,1-2H3,(H,30,33);6-9,12,16,32H,2-5,10H2,1H3,(H,29,33);3-6,9-11,13,18,30H,1-2,7-8,12H2,(H,28,31);2-5,8-10,16,28H,6-7,11H2,1H3,(H,26,29). The Hall–Kier alpha value is -12.2. The Bertz CT molecular complexity index is 6340. The van der Waals surface area contributed by atoms with E-state index in [1.54, 1.807) is 61.7 Å². The van der Waals surface area contributed by atoms with E-state index >= 15 is 4.39 Å². The van der Waals surface area contributed by atoms with Gasteiger partial charge < -0.3 is 60.6 Å². The SMILES string of the molecule is Cc1cnc2c(C(=O)NC3(c4ccc(C(F)(F)F)cc4)CCOCC3O)cnn2c1.Cc1nn2cc(C3CC3)cnc2c1C(=O)NC1(c2ncc(C(F)(F)F)cc2F)CCOCC1(C)O.Cc1nn2cc(C3CC3)cnc2c1C(=O)NC1(c2ncc(C(F)(F)F)cc2F)CCOCC1O.O=C(NC1(c2ccc(C(F)(F)F)cc2)CCOCC1O)c1cnn2cc(C3CC3)cnc12. The van der Waals surface area contributed by atoms with Crippen LogP contribution in [0.4, 0.5) is 61.5 Å². The summed E-state index contributed by atoms with van der Waals surface area (Å²) >= 11 is 0. The monoisotopic (exact) mass is 1840 g/mol. The summed E-state index contributed by atoms with van der Waals surface area (Å²) in [6, 6.07) is 9.50. The van der Waals surface area contributed by atoms with Gasteiger partial charge in [0.1, 0.15) is 80.3 Å². The molecule has 0 radical (unpaired) electrons. The van der Waals surface area contributed by atoms with E-state index in [2.05, 4.69) is 71.6 Å². The largest absolute Gasteiger partial charge is 0.417 e. The van der Waals surface area contributed by atoms with Crippen LogP contribution in [-0.4, -0.2) is 189 Å². The van der Waals surface area contributed by atoms with E-state index in [1.807, 2.05) is 13.1 Å². The Morgan fingerprint density at radius 2 is 0.771 bits per heavy atom. The first-order chi connectivity index (χ1) is 62.0. The smallest absolute Gasteiger partial charge is 0.388 e. The summed E-state index contributed by atoms with van der Waals surface area (Å²) in [5.74, 6) is -3.75. The third kappa shape index (κ3) is 18.4. The maximum atomic E-state index is 15.1. The van der Waals surface area contributed by atoms with Crippen LogP contribution in [0.1, 0.15) is 209 Å². The van der Waals surface area contributed by atoms with Gasteiger partial charge in [-0.3, -0.25) is 29.1 Å². The number of rotatable bonds is 15. The number of alkyl halides is 12. The molecule has 12 aromatic rings. The Morgan fingerprint density at radius 1 is 0.412 bits per heavy atom. The first-order valence-electron chi connectivity index (χ1n) is 41.5. The van der Waals surface area contributed by atoms with Crippen molar-refractivity contribution >= 4 is 46.2 Å². The molecule has 19 rings (SSSR count). The highest BCUT2D eigenvalue weighted by atomic mass is 19.4. The molecular weight excluding hydrogens is 1760 g/mol. The predicted molar refractivity (Wildman–Crippen MR) is 430 cm³/mol. The minimum absolute atomic E-state index is 0.00924. The lowest BCUT2D eigenvalue weighted by Crippen LogP contribution is -2.65. The third-order valence-corrected chi connectivity index (χ3v) is 24.6. The van der Waals surface area contributed by atoms with Crippen LogP contribution in [0.25, 0.3) is 22.6 Å². The van der Waals surface area contributed by atoms with Crippen molar-refractivity contribution < 1.29 is 120 Å². The van der Waals surface area contributed by atoms with Gasteiger partial charge in [0.05, 0.1) is 83.5 Å². The second-order valence-corrected chi connectivity index (χ2v) is 33.7. The molecule has 7 aliphatic rings. The molecule has 8 unspecified atom stereocenters. The summed E-state index contributed by atoms with van der Waals surface area (Å²) < 4.78 is 213. The highest BCUT2D eigenvalue weighted by Gasteiger charge is 2.56. The number of halogens is 14. The number of aryl methyl sites for hydroxylation is 3. The van der Waals surface area contributed by atoms with Crippen LogP contribution in [0.5, 0.6) is 0 Å². The van der Waals surface area contributed by atoms with Crippen molar-refractivity contribution in [2.24, 2.45) is 0 Å². The van der Waals surface area contributed by atoms with Crippen LogP contribution in [-0.2, 0) is 65.8 Å². The zero-order chi connectivity index (χ0) is 93.5. The number of amides is 4. The van der Waals surface area contributed by atoms with E-state index in [4.69, 9.17) is 18.9 Å². The van der Waals surface area contributed by atoms with Crippen LogP contribution >= 0.6 is 0 Å². The minimum Gasteiger partial charge on any atom is -0.388 e. The van der Waals surface area contributed by atoms with Gasteiger partial charge in [-0.05, 0) is 154 Å². The van der Waals surface area contributed by atoms with Crippen molar-refractivity contribution in [1.29, 1.82) is 0 Å². The van der Waals surface area contributed by atoms with Crippen molar-refractivity contribution in [3.8, 4) is 0 Å². The van der Waals surface area contributed by atoms with Gasteiger partial charge >= 0.3 is 24.7 Å². The lowest BCUT2D eigenvalue weighted by molar-refractivity contribution is -0.142. The molecule has 0 spiro atoms. The lowest BCUT2D eigenvalue weighted by atomic mass is 9.74. The molecule has 3 aliphatic carbocycles. The summed E-state index contributed by atoms with van der Waals surface area (Å²) in [6.45, 7) is 6.20. The minimum atomic E-state index is -4.81. The molecule has 10 aromatic heterocycles. The Kier molecular flexibility index (Phi) is 24.7. The van der Waals surface area contributed by atoms with Gasteiger partial charge in [0.2, 0.25) is 0 Å². The summed E-state index contributed by atoms with van der Waals surface area (Å²) in [4.78, 5) is 78.1. The zero-order valence-electron chi connectivity index (χ0n) is 70.0. The normalized spacial score (nSPS) is 23.7. The van der Waals surface area contributed by atoms with Gasteiger partial charge in [-0.25, -0.2) is 46.8 Å². The Labute approximate surface area is 733 Å². The zero-order valence-corrected chi connectivity index (χ0v) is 70.0. The number of aliphatic hydroxyl groups excluding tert-OH is 3. The predicted octanol–water partition coefficient (Wildman–Crippen LogP) is 11.6. The van der Waals surface area contributed by atoms with Crippen molar-refractivity contribution in [3.63, 3.8) is 0 Å². The molecule has 44 heteroatoms. The second kappa shape index (κ2) is 35.2. The molecule has 4 aliphatic heterocycles. The molecule has 0 bridgehead atoms. The fourth-order valence-corrected chi connectivity index (χ4v) is 16.8. The highest BCUT2D eigenvalue weighted by Crippen LogP contribution is 2.47. The van der Waals surface area contributed by atoms with Gasteiger partial charge in [0.25, 0.3) is 23.6 Å². The number of carbonyl (C=O) groups excluding carboxylic acids is 4. The van der Waals surface area contributed by atoms with Gasteiger partial charge in [0, 0.05) is 114 Å².